The second-order valence-corrected chi connectivity index (χ2v) is 5.01. The fourth-order valence-corrected chi connectivity index (χ4v) is 2.61. The van der Waals surface area contributed by atoms with Crippen molar-refractivity contribution < 1.29 is 0 Å². The number of imidazole rings is 1. The summed E-state index contributed by atoms with van der Waals surface area (Å²) in [5, 5.41) is 1.73. The van der Waals surface area contributed by atoms with E-state index in [0.29, 0.717) is 5.02 Å². The van der Waals surface area contributed by atoms with Crippen molar-refractivity contribution in [3.8, 4) is 11.4 Å². The van der Waals surface area contributed by atoms with E-state index in [0.717, 1.165) is 33.3 Å². The molecule has 3 nitrogen and oxygen atoms in total. The topological polar surface area (TPSA) is 41.6 Å². The molecule has 0 radical (unpaired) electrons. The van der Waals surface area contributed by atoms with E-state index in [1.165, 1.54) is 0 Å². The molecule has 0 saturated carbocycles. The Kier molecular flexibility index (Phi) is 2.47. The second-order valence-electron chi connectivity index (χ2n) is 4.60. The van der Waals surface area contributed by atoms with E-state index in [1.807, 2.05) is 54.7 Å². The molecule has 0 aliphatic rings. The number of rotatable bonds is 1. The lowest BCUT2D eigenvalue weighted by Gasteiger charge is -1.98. The van der Waals surface area contributed by atoms with Gasteiger partial charge in [-0.25, -0.2) is 4.98 Å². The molecule has 2 aromatic carbocycles. The highest BCUT2D eigenvalue weighted by atomic mass is 35.5. The first-order valence-electron chi connectivity index (χ1n) is 6.31. The minimum Gasteiger partial charge on any atom is -0.337 e. The lowest BCUT2D eigenvalue weighted by atomic mass is 10.2. The van der Waals surface area contributed by atoms with Gasteiger partial charge in [0.2, 0.25) is 0 Å². The summed E-state index contributed by atoms with van der Waals surface area (Å²) in [5.41, 5.74) is 3.68. The molecule has 2 heterocycles. The first-order chi connectivity index (χ1) is 9.83. The molecule has 4 rings (SSSR count). The summed E-state index contributed by atoms with van der Waals surface area (Å²) in [7, 11) is 0. The van der Waals surface area contributed by atoms with Gasteiger partial charge >= 0.3 is 0 Å². The molecule has 0 aliphatic carbocycles. The van der Waals surface area contributed by atoms with Gasteiger partial charge in [0.15, 0.2) is 0 Å². The van der Waals surface area contributed by atoms with Crippen LogP contribution in [-0.4, -0.2) is 15.0 Å². The fourth-order valence-electron chi connectivity index (χ4n) is 2.39. The van der Waals surface area contributed by atoms with Crippen LogP contribution in [-0.2, 0) is 0 Å². The van der Waals surface area contributed by atoms with Crippen LogP contribution < -0.4 is 0 Å². The maximum atomic E-state index is 6.23. The quantitative estimate of drug-likeness (QED) is 0.560. The fraction of sp³-hybridized carbons (Fsp3) is 0. The summed E-state index contributed by atoms with van der Waals surface area (Å²) in [4.78, 5) is 12.4. The number of fused-ring (bicyclic) bond motifs is 3. The van der Waals surface area contributed by atoms with Crippen LogP contribution in [0.5, 0.6) is 0 Å². The van der Waals surface area contributed by atoms with Gasteiger partial charge in [-0.3, -0.25) is 4.98 Å². The molecule has 20 heavy (non-hydrogen) atoms. The number of H-pyrrole nitrogens is 1. The lowest BCUT2D eigenvalue weighted by molar-refractivity contribution is 1.33. The van der Waals surface area contributed by atoms with E-state index in [9.17, 15) is 0 Å². The molecular weight excluding hydrogens is 270 g/mol. The molecule has 96 valence electrons. The number of aromatic amines is 1. The van der Waals surface area contributed by atoms with Gasteiger partial charge in [0, 0.05) is 10.9 Å². The number of nitrogens with zero attached hydrogens (tertiary/aromatic N) is 2. The van der Waals surface area contributed by atoms with Crippen LogP contribution in [0.2, 0.25) is 5.02 Å². The van der Waals surface area contributed by atoms with Crippen LogP contribution in [0, 0.1) is 0 Å². The Morgan fingerprint density at radius 1 is 0.950 bits per heavy atom. The van der Waals surface area contributed by atoms with E-state index in [1.54, 1.807) is 0 Å². The molecule has 0 atom stereocenters. The number of hydrogen-bond donors (Lipinski definition) is 1. The van der Waals surface area contributed by atoms with Crippen LogP contribution in [0.15, 0.2) is 54.7 Å². The minimum atomic E-state index is 0.684. The number of hydrogen-bond acceptors (Lipinski definition) is 2. The van der Waals surface area contributed by atoms with Crippen molar-refractivity contribution in [2.45, 2.75) is 0 Å². The van der Waals surface area contributed by atoms with Crippen LogP contribution in [0.25, 0.3) is 33.3 Å². The number of para-hydroxylation sites is 1. The summed E-state index contributed by atoms with van der Waals surface area (Å²) in [6, 6.07) is 15.7. The molecule has 0 aliphatic heterocycles. The number of aromatic nitrogens is 3. The summed E-state index contributed by atoms with van der Waals surface area (Å²) in [6.45, 7) is 0. The zero-order valence-corrected chi connectivity index (χ0v) is 11.2. The predicted octanol–water partition coefficient (Wildman–Crippen LogP) is 4.43. The molecule has 0 bridgehead atoms. The Morgan fingerprint density at radius 3 is 2.65 bits per heavy atom. The molecule has 0 amide bonds. The van der Waals surface area contributed by atoms with Crippen LogP contribution in [0.3, 0.4) is 0 Å². The SMILES string of the molecule is Clc1ccccc1-c1nc2c(cnc3ccccc32)[nH]1. The van der Waals surface area contributed by atoms with Crippen molar-refractivity contribution in [2.75, 3.05) is 0 Å². The Hall–Kier alpha value is -2.39. The average molecular weight is 280 g/mol. The zero-order valence-electron chi connectivity index (χ0n) is 10.5. The van der Waals surface area contributed by atoms with Crippen molar-refractivity contribution in [1.29, 1.82) is 0 Å². The van der Waals surface area contributed by atoms with E-state index >= 15 is 0 Å². The smallest absolute Gasteiger partial charge is 0.140 e. The standard InChI is InChI=1S/C16H10ClN3/c17-12-7-3-1-5-10(12)16-19-14-9-18-13-8-4-2-6-11(13)15(14)20-16/h1-9H,(H,19,20). The third-order valence-corrected chi connectivity index (χ3v) is 3.68. The highest BCUT2D eigenvalue weighted by Gasteiger charge is 2.10. The number of halogens is 1. The van der Waals surface area contributed by atoms with Gasteiger partial charge in [-0.1, -0.05) is 41.9 Å². The van der Waals surface area contributed by atoms with Crippen molar-refractivity contribution in [1.82, 2.24) is 15.0 Å². The van der Waals surface area contributed by atoms with Gasteiger partial charge in [-0.2, -0.15) is 0 Å². The Bertz CT molecular complexity index is 927. The molecule has 2 aromatic heterocycles. The van der Waals surface area contributed by atoms with E-state index in [-0.39, 0.29) is 0 Å². The van der Waals surface area contributed by atoms with Gasteiger partial charge in [0.1, 0.15) is 5.82 Å². The van der Waals surface area contributed by atoms with E-state index < -0.39 is 0 Å². The second kappa shape index (κ2) is 4.32. The van der Waals surface area contributed by atoms with Crippen molar-refractivity contribution in [3.63, 3.8) is 0 Å². The molecule has 1 N–H and O–H groups in total. The Balaban J connectivity index is 2.04. The van der Waals surface area contributed by atoms with Crippen molar-refractivity contribution >= 4 is 33.5 Å². The van der Waals surface area contributed by atoms with Crippen molar-refractivity contribution in [3.05, 3.63) is 59.8 Å². The zero-order chi connectivity index (χ0) is 13.5. The average Bonchev–Trinajstić information content (AvgIpc) is 2.92. The van der Waals surface area contributed by atoms with Gasteiger partial charge in [0.25, 0.3) is 0 Å². The van der Waals surface area contributed by atoms with Gasteiger partial charge in [-0.15, -0.1) is 0 Å². The third kappa shape index (κ3) is 1.67. The Labute approximate surface area is 120 Å². The maximum Gasteiger partial charge on any atom is 0.140 e. The van der Waals surface area contributed by atoms with Crippen LogP contribution in [0.4, 0.5) is 0 Å². The van der Waals surface area contributed by atoms with Gasteiger partial charge in [-0.05, 0) is 18.2 Å². The Morgan fingerprint density at radius 2 is 1.75 bits per heavy atom. The molecular formula is C16H10ClN3. The van der Waals surface area contributed by atoms with E-state index in [4.69, 9.17) is 16.6 Å². The molecule has 0 spiro atoms. The molecule has 0 unspecified atom stereocenters. The summed E-state index contributed by atoms with van der Waals surface area (Å²) >= 11 is 6.23. The highest BCUT2D eigenvalue weighted by molar-refractivity contribution is 6.33. The number of pyridine rings is 1. The maximum absolute atomic E-state index is 6.23. The van der Waals surface area contributed by atoms with Crippen molar-refractivity contribution in [2.24, 2.45) is 0 Å². The van der Waals surface area contributed by atoms with Crippen LogP contribution in [0.1, 0.15) is 0 Å². The van der Waals surface area contributed by atoms with Crippen LogP contribution >= 0.6 is 11.6 Å². The first-order valence-corrected chi connectivity index (χ1v) is 6.69. The lowest BCUT2D eigenvalue weighted by Crippen LogP contribution is -1.81. The monoisotopic (exact) mass is 279 g/mol. The van der Waals surface area contributed by atoms with Gasteiger partial charge < -0.3 is 4.98 Å². The summed E-state index contributed by atoms with van der Waals surface area (Å²) in [5.74, 6) is 0.767. The molecule has 0 fully saturated rings. The summed E-state index contributed by atoms with van der Waals surface area (Å²) < 4.78 is 0. The normalized spacial score (nSPS) is 11.2. The summed E-state index contributed by atoms with van der Waals surface area (Å²) in [6.07, 6.45) is 1.81. The molecule has 4 aromatic rings. The largest absolute Gasteiger partial charge is 0.337 e. The number of benzene rings is 2. The molecule has 0 saturated heterocycles. The molecule has 4 heteroatoms. The number of nitrogens with one attached hydrogen (secondary N) is 1. The predicted molar refractivity (Wildman–Crippen MR) is 81.8 cm³/mol. The highest BCUT2D eigenvalue weighted by Crippen LogP contribution is 2.29. The van der Waals surface area contributed by atoms with E-state index in [2.05, 4.69) is 9.97 Å². The van der Waals surface area contributed by atoms with Gasteiger partial charge in [0.05, 0.1) is 27.8 Å². The first kappa shape index (κ1) is 11.4. The third-order valence-electron chi connectivity index (χ3n) is 3.35. The minimum absolute atomic E-state index is 0.684.